The summed E-state index contributed by atoms with van der Waals surface area (Å²) >= 11 is 6.03. The Morgan fingerprint density at radius 2 is 1.86 bits per heavy atom. The zero-order valence-corrected chi connectivity index (χ0v) is 20.2. The molecule has 2 aromatic carbocycles. The SMILES string of the molecule is COCCN(CC(=O)Nc1nc(-c2ccc(Cl)cc2)cn1-c1ccc(C)cc1)C(=O)c1ccco1. The predicted molar refractivity (Wildman–Crippen MR) is 134 cm³/mol. The molecular weight excluding hydrogens is 468 g/mol. The average Bonchev–Trinajstić information content (AvgIpc) is 3.53. The zero-order valence-electron chi connectivity index (χ0n) is 19.4. The van der Waals surface area contributed by atoms with Crippen molar-refractivity contribution in [3.05, 3.63) is 89.5 Å². The van der Waals surface area contributed by atoms with Gasteiger partial charge < -0.3 is 14.1 Å². The summed E-state index contributed by atoms with van der Waals surface area (Å²) in [5, 5.41) is 3.48. The number of methoxy groups -OCH3 is 1. The van der Waals surface area contributed by atoms with Gasteiger partial charge in [-0.15, -0.1) is 0 Å². The Labute approximate surface area is 208 Å². The van der Waals surface area contributed by atoms with E-state index in [4.69, 9.17) is 20.8 Å². The summed E-state index contributed by atoms with van der Waals surface area (Å²) in [4.78, 5) is 31.9. The highest BCUT2D eigenvalue weighted by atomic mass is 35.5. The highest BCUT2D eigenvalue weighted by molar-refractivity contribution is 6.30. The first-order chi connectivity index (χ1) is 16.9. The van der Waals surface area contributed by atoms with E-state index in [1.165, 1.54) is 18.3 Å². The Morgan fingerprint density at radius 3 is 2.51 bits per heavy atom. The van der Waals surface area contributed by atoms with Crippen LogP contribution in [0.3, 0.4) is 0 Å². The minimum atomic E-state index is -0.400. The lowest BCUT2D eigenvalue weighted by molar-refractivity contribution is -0.117. The number of nitrogens with one attached hydrogen (secondary N) is 1. The summed E-state index contributed by atoms with van der Waals surface area (Å²) in [6.45, 7) is 2.31. The number of hydrogen-bond acceptors (Lipinski definition) is 5. The number of imidazole rings is 1. The number of rotatable bonds is 9. The highest BCUT2D eigenvalue weighted by Gasteiger charge is 2.22. The number of carbonyl (C=O) groups excluding carboxylic acids is 2. The molecule has 0 fully saturated rings. The van der Waals surface area contributed by atoms with Crippen molar-refractivity contribution in [2.24, 2.45) is 0 Å². The summed E-state index contributed by atoms with van der Waals surface area (Å²) in [7, 11) is 1.53. The summed E-state index contributed by atoms with van der Waals surface area (Å²) in [6, 6.07) is 18.3. The van der Waals surface area contributed by atoms with Crippen LogP contribution in [0.5, 0.6) is 0 Å². The molecule has 8 nitrogen and oxygen atoms in total. The topological polar surface area (TPSA) is 89.6 Å². The maximum atomic E-state index is 13.0. The number of aromatic nitrogens is 2. The van der Waals surface area contributed by atoms with Crippen LogP contribution in [-0.4, -0.2) is 53.1 Å². The average molecular weight is 493 g/mol. The third kappa shape index (κ3) is 5.98. The van der Waals surface area contributed by atoms with Crippen LogP contribution >= 0.6 is 11.6 Å². The zero-order chi connectivity index (χ0) is 24.8. The van der Waals surface area contributed by atoms with E-state index >= 15 is 0 Å². The number of carbonyl (C=O) groups is 2. The lowest BCUT2D eigenvalue weighted by Gasteiger charge is -2.20. The molecule has 4 aromatic rings. The maximum absolute atomic E-state index is 13.0. The van der Waals surface area contributed by atoms with Gasteiger partial charge in [0.25, 0.3) is 5.91 Å². The van der Waals surface area contributed by atoms with Gasteiger partial charge in [-0.1, -0.05) is 41.4 Å². The molecule has 0 spiro atoms. The first-order valence-corrected chi connectivity index (χ1v) is 11.4. The second-order valence-electron chi connectivity index (χ2n) is 7.91. The van der Waals surface area contributed by atoms with Gasteiger partial charge >= 0.3 is 0 Å². The number of hydrogen-bond donors (Lipinski definition) is 1. The van der Waals surface area contributed by atoms with Gasteiger partial charge in [0.1, 0.15) is 6.54 Å². The summed E-state index contributed by atoms with van der Waals surface area (Å²) < 4.78 is 12.1. The van der Waals surface area contributed by atoms with E-state index in [2.05, 4.69) is 10.3 Å². The minimum Gasteiger partial charge on any atom is -0.459 e. The van der Waals surface area contributed by atoms with Gasteiger partial charge in [0, 0.05) is 36.1 Å². The summed E-state index contributed by atoms with van der Waals surface area (Å²) in [6.07, 6.45) is 3.26. The van der Waals surface area contributed by atoms with E-state index in [1.54, 1.807) is 28.8 Å². The Balaban J connectivity index is 1.60. The molecule has 0 aliphatic carbocycles. The smallest absolute Gasteiger partial charge is 0.290 e. The maximum Gasteiger partial charge on any atom is 0.290 e. The van der Waals surface area contributed by atoms with Gasteiger partial charge in [-0.05, 0) is 43.3 Å². The molecule has 2 heterocycles. The molecule has 0 saturated heterocycles. The quantitative estimate of drug-likeness (QED) is 0.362. The molecule has 0 bridgehead atoms. The molecular formula is C26H25ClN4O4. The Bertz CT molecular complexity index is 1280. The van der Waals surface area contributed by atoms with Crippen LogP contribution in [0.4, 0.5) is 5.95 Å². The fourth-order valence-corrected chi connectivity index (χ4v) is 3.60. The van der Waals surface area contributed by atoms with Gasteiger partial charge in [0.15, 0.2) is 5.76 Å². The lowest BCUT2D eigenvalue weighted by Crippen LogP contribution is -2.40. The molecule has 0 radical (unpaired) electrons. The number of amides is 2. The standard InChI is InChI=1S/C26H25ClN4O4/c1-18-5-11-21(12-6-18)31-16-22(19-7-9-20(27)10-8-19)28-26(31)29-24(32)17-30(13-15-34-2)25(33)23-4-3-14-35-23/h3-12,14,16H,13,15,17H2,1-2H3,(H,28,29,32). The second kappa shape index (κ2) is 11.0. The van der Waals surface area contributed by atoms with E-state index in [1.807, 2.05) is 49.5 Å². The number of halogens is 1. The molecule has 0 unspecified atom stereocenters. The molecule has 4 rings (SSSR count). The summed E-state index contributed by atoms with van der Waals surface area (Å²) in [5.41, 5.74) is 3.47. The third-order valence-corrected chi connectivity index (χ3v) is 5.58. The van der Waals surface area contributed by atoms with Crippen molar-refractivity contribution >= 4 is 29.4 Å². The largest absolute Gasteiger partial charge is 0.459 e. The van der Waals surface area contributed by atoms with Crippen molar-refractivity contribution in [1.29, 1.82) is 0 Å². The molecule has 0 atom stereocenters. The van der Waals surface area contributed by atoms with Crippen LogP contribution in [-0.2, 0) is 9.53 Å². The number of furan rings is 1. The second-order valence-corrected chi connectivity index (χ2v) is 8.34. The van der Waals surface area contributed by atoms with Crippen molar-refractivity contribution in [3.8, 4) is 16.9 Å². The van der Waals surface area contributed by atoms with E-state index in [9.17, 15) is 9.59 Å². The first-order valence-electron chi connectivity index (χ1n) is 11.0. The molecule has 2 aromatic heterocycles. The van der Waals surface area contributed by atoms with Crippen molar-refractivity contribution < 1.29 is 18.7 Å². The molecule has 1 N–H and O–H groups in total. The minimum absolute atomic E-state index is 0.153. The van der Waals surface area contributed by atoms with Crippen molar-refractivity contribution in [1.82, 2.24) is 14.5 Å². The predicted octanol–water partition coefficient (Wildman–Crippen LogP) is 4.82. The van der Waals surface area contributed by atoms with Crippen LogP contribution in [0.15, 0.2) is 77.5 Å². The van der Waals surface area contributed by atoms with Gasteiger partial charge in [-0.2, -0.15) is 0 Å². The molecule has 0 aliphatic heterocycles. The Kier molecular flexibility index (Phi) is 7.64. The number of anilines is 1. The monoisotopic (exact) mass is 492 g/mol. The van der Waals surface area contributed by atoms with Crippen LogP contribution in [0.2, 0.25) is 5.02 Å². The third-order valence-electron chi connectivity index (χ3n) is 5.33. The molecule has 0 saturated carbocycles. The van der Waals surface area contributed by atoms with E-state index in [0.717, 1.165) is 16.8 Å². The molecule has 180 valence electrons. The summed E-state index contributed by atoms with van der Waals surface area (Å²) in [5.74, 6) is -0.311. The van der Waals surface area contributed by atoms with Gasteiger partial charge in [-0.25, -0.2) is 4.98 Å². The van der Waals surface area contributed by atoms with Gasteiger partial charge in [-0.3, -0.25) is 19.5 Å². The number of nitrogens with zero attached hydrogens (tertiary/aromatic N) is 3. The van der Waals surface area contributed by atoms with E-state index < -0.39 is 11.8 Å². The fraction of sp³-hybridized carbons (Fsp3) is 0.192. The number of ether oxygens (including phenoxy) is 1. The lowest BCUT2D eigenvalue weighted by atomic mass is 10.2. The Hall–Kier alpha value is -3.88. The Morgan fingerprint density at radius 1 is 1.11 bits per heavy atom. The number of benzene rings is 2. The van der Waals surface area contributed by atoms with Crippen LogP contribution in [0, 0.1) is 6.92 Å². The van der Waals surface area contributed by atoms with E-state index in [-0.39, 0.29) is 25.5 Å². The number of aryl methyl sites for hydroxylation is 1. The van der Waals surface area contributed by atoms with Crippen LogP contribution in [0.25, 0.3) is 16.9 Å². The first kappa shape index (κ1) is 24.3. The van der Waals surface area contributed by atoms with Gasteiger partial charge in [0.2, 0.25) is 11.9 Å². The van der Waals surface area contributed by atoms with E-state index in [0.29, 0.717) is 16.7 Å². The van der Waals surface area contributed by atoms with Gasteiger partial charge in [0.05, 0.1) is 18.6 Å². The van der Waals surface area contributed by atoms with Crippen molar-refractivity contribution in [2.75, 3.05) is 32.1 Å². The van der Waals surface area contributed by atoms with Crippen LogP contribution < -0.4 is 5.32 Å². The highest BCUT2D eigenvalue weighted by Crippen LogP contribution is 2.26. The van der Waals surface area contributed by atoms with Crippen molar-refractivity contribution in [3.63, 3.8) is 0 Å². The fourth-order valence-electron chi connectivity index (χ4n) is 3.48. The molecule has 35 heavy (non-hydrogen) atoms. The molecule has 2 amide bonds. The normalized spacial score (nSPS) is 10.8. The van der Waals surface area contributed by atoms with Crippen LogP contribution in [0.1, 0.15) is 16.1 Å². The molecule has 0 aliphatic rings. The van der Waals surface area contributed by atoms with Crippen molar-refractivity contribution in [2.45, 2.75) is 6.92 Å². The molecule has 9 heteroatoms.